The standard InChI is InChI=1S/C21H22ClN3O3S.C4H5F.2C2H6/c1-4-18(22)14(2)15(3)27-9-10-28-21(26)25-8-11-29-20-17(6-5-7-19(20)25)16-12-23-24-13-16;1-3-4(2)5;2*1-2/h4-7,12-13H,1,3,8-11H2,2H3,(H,23,24);3H,1-2H2;2*1-2H3/b18-14+;;;. The molecule has 1 N–H and O–H groups in total. The third-order valence-corrected chi connectivity index (χ3v) is 6.18. The Hall–Kier alpha value is -3.23. The van der Waals surface area contributed by atoms with Crippen LogP contribution in [0, 0.1) is 0 Å². The molecule has 1 aliphatic heterocycles. The lowest BCUT2D eigenvalue weighted by molar-refractivity contribution is 0.111. The van der Waals surface area contributed by atoms with Crippen LogP contribution in [0.25, 0.3) is 11.1 Å². The van der Waals surface area contributed by atoms with Crippen LogP contribution in [0.4, 0.5) is 14.9 Å². The molecule has 3 rings (SSSR count). The second kappa shape index (κ2) is 19.8. The van der Waals surface area contributed by atoms with Crippen LogP contribution in [0.2, 0.25) is 0 Å². The average molecular weight is 564 g/mol. The van der Waals surface area contributed by atoms with Crippen molar-refractivity contribution >= 4 is 35.1 Å². The summed E-state index contributed by atoms with van der Waals surface area (Å²) in [6.07, 6.45) is 5.79. The Bertz CT molecular complexity index is 1080. The largest absolute Gasteiger partial charge is 0.490 e. The van der Waals surface area contributed by atoms with E-state index in [-0.39, 0.29) is 13.2 Å². The number of aromatic nitrogens is 2. The lowest BCUT2D eigenvalue weighted by Crippen LogP contribution is -2.36. The van der Waals surface area contributed by atoms with Gasteiger partial charge in [-0.05, 0) is 19.1 Å². The number of thioether (sulfide) groups is 1. The number of ether oxygens (including phenoxy) is 2. The number of allylic oxidation sites excluding steroid dienone is 5. The predicted molar refractivity (Wildman–Crippen MR) is 160 cm³/mol. The molecule has 0 saturated heterocycles. The summed E-state index contributed by atoms with van der Waals surface area (Å²) < 4.78 is 22.0. The first kappa shape index (κ1) is 34.8. The summed E-state index contributed by atoms with van der Waals surface area (Å²) in [4.78, 5) is 15.3. The first-order valence-corrected chi connectivity index (χ1v) is 13.6. The van der Waals surface area contributed by atoms with E-state index in [0.717, 1.165) is 33.5 Å². The Labute approximate surface area is 235 Å². The number of rotatable bonds is 8. The summed E-state index contributed by atoms with van der Waals surface area (Å²) in [6, 6.07) is 5.88. The van der Waals surface area contributed by atoms with Crippen molar-refractivity contribution in [2.45, 2.75) is 39.5 Å². The molecular weight excluding hydrogens is 525 g/mol. The number of nitrogens with zero attached hydrogens (tertiary/aromatic N) is 2. The van der Waals surface area contributed by atoms with E-state index in [4.69, 9.17) is 21.1 Å². The number of carbonyl (C=O) groups is 1. The molecule has 38 heavy (non-hydrogen) atoms. The summed E-state index contributed by atoms with van der Waals surface area (Å²) in [5.74, 6) is 0.731. The number of aromatic amines is 1. The van der Waals surface area contributed by atoms with Gasteiger partial charge in [-0.3, -0.25) is 10.00 Å². The number of carbonyl (C=O) groups excluding carboxylic acids is 1. The zero-order chi connectivity index (χ0) is 29.1. The first-order chi connectivity index (χ1) is 18.3. The molecule has 0 atom stereocenters. The molecule has 0 bridgehead atoms. The Balaban J connectivity index is 0.00000134. The molecule has 208 valence electrons. The molecular formula is C29H39ClFN3O3S. The maximum absolute atomic E-state index is 12.6. The number of fused-ring (bicyclic) bond motifs is 1. The Morgan fingerprint density at radius 3 is 2.37 bits per heavy atom. The molecule has 0 fully saturated rings. The van der Waals surface area contributed by atoms with Gasteiger partial charge in [-0.1, -0.05) is 83.8 Å². The van der Waals surface area contributed by atoms with Crippen molar-refractivity contribution in [3.63, 3.8) is 0 Å². The zero-order valence-corrected chi connectivity index (χ0v) is 24.6. The molecule has 2 heterocycles. The number of hydrogen-bond donors (Lipinski definition) is 1. The molecule has 1 aromatic heterocycles. The molecule has 1 aliphatic rings. The predicted octanol–water partition coefficient (Wildman–Crippen LogP) is 9.06. The van der Waals surface area contributed by atoms with Crippen LogP contribution in [-0.4, -0.2) is 41.8 Å². The molecule has 0 unspecified atom stereocenters. The van der Waals surface area contributed by atoms with E-state index in [2.05, 4.69) is 36.5 Å². The van der Waals surface area contributed by atoms with E-state index in [1.807, 2.05) is 52.1 Å². The van der Waals surface area contributed by atoms with Crippen LogP contribution in [0.1, 0.15) is 34.6 Å². The van der Waals surface area contributed by atoms with Gasteiger partial charge >= 0.3 is 6.09 Å². The minimum Gasteiger partial charge on any atom is -0.490 e. The second-order valence-electron chi connectivity index (χ2n) is 6.85. The van der Waals surface area contributed by atoms with Crippen LogP contribution in [0.15, 0.2) is 96.1 Å². The third kappa shape index (κ3) is 11.0. The van der Waals surface area contributed by atoms with Gasteiger partial charge in [0.2, 0.25) is 0 Å². The smallest absolute Gasteiger partial charge is 0.414 e. The molecule has 1 aromatic carbocycles. The Morgan fingerprint density at radius 2 is 1.82 bits per heavy atom. The summed E-state index contributed by atoms with van der Waals surface area (Å²) in [6.45, 7) is 24.1. The van der Waals surface area contributed by atoms with Gasteiger partial charge in [-0.15, -0.1) is 11.8 Å². The van der Waals surface area contributed by atoms with E-state index < -0.39 is 11.9 Å². The van der Waals surface area contributed by atoms with Gasteiger partial charge in [0.05, 0.1) is 11.9 Å². The topological polar surface area (TPSA) is 67.5 Å². The van der Waals surface area contributed by atoms with Crippen molar-refractivity contribution in [1.29, 1.82) is 0 Å². The SMILES string of the molecule is C=C/C(Cl)=C(/C)C(=C)OCCOC(=O)N1CCSc2c(-c3cn[nH]c3)cccc21.C=CC(=C)F.CC.CC. The lowest BCUT2D eigenvalue weighted by Gasteiger charge is -2.29. The Kier molecular flexibility index (Phi) is 18.1. The normalized spacial score (nSPS) is 11.8. The van der Waals surface area contributed by atoms with Crippen LogP contribution in [0.5, 0.6) is 0 Å². The number of hydrogen-bond acceptors (Lipinski definition) is 5. The Morgan fingerprint density at radius 1 is 1.18 bits per heavy atom. The first-order valence-electron chi connectivity index (χ1n) is 12.3. The van der Waals surface area contributed by atoms with Gasteiger partial charge in [0.1, 0.15) is 24.8 Å². The third-order valence-electron chi connectivity index (χ3n) is 4.64. The molecule has 2 aromatic rings. The van der Waals surface area contributed by atoms with E-state index in [1.54, 1.807) is 29.8 Å². The highest BCUT2D eigenvalue weighted by atomic mass is 35.5. The fraction of sp³-hybridized carbons (Fsp3) is 0.310. The summed E-state index contributed by atoms with van der Waals surface area (Å²) in [7, 11) is 0. The van der Waals surface area contributed by atoms with Crippen molar-refractivity contribution < 1.29 is 18.7 Å². The molecule has 0 saturated carbocycles. The summed E-state index contributed by atoms with van der Waals surface area (Å²) in [5.41, 5.74) is 3.56. The fourth-order valence-electron chi connectivity index (χ4n) is 2.83. The monoisotopic (exact) mass is 563 g/mol. The van der Waals surface area contributed by atoms with Gasteiger partial charge in [-0.25, -0.2) is 9.18 Å². The number of H-pyrrole nitrogens is 1. The van der Waals surface area contributed by atoms with E-state index in [1.165, 1.54) is 6.08 Å². The molecule has 0 spiro atoms. The van der Waals surface area contributed by atoms with E-state index in [0.29, 0.717) is 22.9 Å². The summed E-state index contributed by atoms with van der Waals surface area (Å²) in [5, 5.41) is 7.32. The van der Waals surface area contributed by atoms with Gasteiger partial charge in [-0.2, -0.15) is 5.10 Å². The summed E-state index contributed by atoms with van der Waals surface area (Å²) >= 11 is 7.72. The highest BCUT2D eigenvalue weighted by molar-refractivity contribution is 7.99. The highest BCUT2D eigenvalue weighted by Crippen LogP contribution is 2.41. The fourth-order valence-corrected chi connectivity index (χ4v) is 4.08. The number of halogens is 2. The quantitative estimate of drug-likeness (QED) is 0.197. The lowest BCUT2D eigenvalue weighted by atomic mass is 10.1. The number of amides is 1. The van der Waals surface area contributed by atoms with Crippen LogP contribution < -0.4 is 4.90 Å². The average Bonchev–Trinajstić information content (AvgIpc) is 3.51. The number of benzene rings is 1. The molecule has 6 nitrogen and oxygen atoms in total. The maximum Gasteiger partial charge on any atom is 0.414 e. The van der Waals surface area contributed by atoms with E-state index in [9.17, 15) is 9.18 Å². The molecule has 1 amide bonds. The van der Waals surface area contributed by atoms with Crippen molar-refractivity contribution in [3.8, 4) is 11.1 Å². The number of anilines is 1. The maximum atomic E-state index is 12.6. The number of nitrogens with one attached hydrogen (secondary N) is 1. The van der Waals surface area contributed by atoms with Gasteiger partial charge in [0.15, 0.2) is 0 Å². The van der Waals surface area contributed by atoms with Gasteiger partial charge in [0.25, 0.3) is 0 Å². The zero-order valence-electron chi connectivity index (χ0n) is 23.0. The molecule has 9 heteroatoms. The van der Waals surface area contributed by atoms with Crippen LogP contribution in [0.3, 0.4) is 0 Å². The highest BCUT2D eigenvalue weighted by Gasteiger charge is 2.26. The van der Waals surface area contributed by atoms with Crippen LogP contribution >= 0.6 is 23.4 Å². The minimum absolute atomic E-state index is 0.108. The second-order valence-corrected chi connectivity index (χ2v) is 8.37. The van der Waals surface area contributed by atoms with Crippen LogP contribution in [-0.2, 0) is 9.47 Å². The van der Waals surface area contributed by atoms with Crippen molar-refractivity contribution in [2.75, 3.05) is 30.4 Å². The van der Waals surface area contributed by atoms with Crippen molar-refractivity contribution in [1.82, 2.24) is 10.2 Å². The molecule has 0 radical (unpaired) electrons. The van der Waals surface area contributed by atoms with Gasteiger partial charge < -0.3 is 9.47 Å². The van der Waals surface area contributed by atoms with Crippen molar-refractivity contribution in [3.05, 3.63) is 91.3 Å². The van der Waals surface area contributed by atoms with Crippen molar-refractivity contribution in [2.24, 2.45) is 0 Å². The molecule has 0 aliphatic carbocycles. The minimum atomic E-state index is -0.481. The van der Waals surface area contributed by atoms with Gasteiger partial charge in [0, 0.05) is 45.1 Å². The van der Waals surface area contributed by atoms with E-state index >= 15 is 0 Å².